The molecule has 100 valence electrons. The van der Waals surface area contributed by atoms with E-state index >= 15 is 0 Å². The van der Waals surface area contributed by atoms with Crippen LogP contribution in [0.4, 0.5) is 0 Å². The Bertz CT molecular complexity index is 558. The van der Waals surface area contributed by atoms with Gasteiger partial charge in [-0.15, -0.1) is 0 Å². The number of hydrogen-bond acceptors (Lipinski definition) is 3. The van der Waals surface area contributed by atoms with Gasteiger partial charge < -0.3 is 15.2 Å². The largest absolute Gasteiger partial charge is 0.493 e. The van der Waals surface area contributed by atoms with Gasteiger partial charge in [-0.3, -0.25) is 0 Å². The highest BCUT2D eigenvalue weighted by atomic mass is 35.5. The molecule has 0 aliphatic rings. The van der Waals surface area contributed by atoms with Crippen molar-refractivity contribution < 1.29 is 9.47 Å². The molecule has 0 aliphatic heterocycles. The molecule has 2 N–H and O–H groups in total. The van der Waals surface area contributed by atoms with Gasteiger partial charge >= 0.3 is 0 Å². The summed E-state index contributed by atoms with van der Waals surface area (Å²) in [5.74, 6) is 1.36. The van der Waals surface area contributed by atoms with Crippen molar-refractivity contribution in [2.45, 2.75) is 13.2 Å². The molecule has 0 unspecified atom stereocenters. The van der Waals surface area contributed by atoms with Gasteiger partial charge in [0, 0.05) is 17.1 Å². The van der Waals surface area contributed by atoms with Crippen LogP contribution >= 0.6 is 11.6 Å². The van der Waals surface area contributed by atoms with Gasteiger partial charge in [0.1, 0.15) is 6.61 Å². The van der Waals surface area contributed by atoms with Crippen LogP contribution in [0.5, 0.6) is 11.5 Å². The van der Waals surface area contributed by atoms with E-state index in [4.69, 9.17) is 26.8 Å². The summed E-state index contributed by atoms with van der Waals surface area (Å²) in [5.41, 5.74) is 7.54. The first-order valence-corrected chi connectivity index (χ1v) is 6.35. The molecule has 0 saturated carbocycles. The average Bonchev–Trinajstić information content (AvgIpc) is 2.46. The van der Waals surface area contributed by atoms with E-state index in [0.29, 0.717) is 29.7 Å². The van der Waals surface area contributed by atoms with Crippen LogP contribution in [0.25, 0.3) is 0 Å². The van der Waals surface area contributed by atoms with E-state index < -0.39 is 0 Å². The summed E-state index contributed by atoms with van der Waals surface area (Å²) in [6.45, 7) is 0.874. The topological polar surface area (TPSA) is 44.5 Å². The van der Waals surface area contributed by atoms with Gasteiger partial charge in [0.05, 0.1) is 7.11 Å². The molecule has 0 fully saturated rings. The highest BCUT2D eigenvalue weighted by molar-refractivity contribution is 6.31. The molecule has 0 amide bonds. The summed E-state index contributed by atoms with van der Waals surface area (Å²) in [4.78, 5) is 0. The molecule has 0 aliphatic carbocycles. The van der Waals surface area contributed by atoms with E-state index in [-0.39, 0.29) is 0 Å². The molecule has 2 rings (SSSR count). The number of benzene rings is 2. The van der Waals surface area contributed by atoms with Crippen LogP contribution in [0.2, 0.25) is 5.02 Å². The smallest absolute Gasteiger partial charge is 0.161 e. The lowest BCUT2D eigenvalue weighted by atomic mass is 10.2. The zero-order valence-corrected chi connectivity index (χ0v) is 11.5. The van der Waals surface area contributed by atoms with Gasteiger partial charge in [-0.05, 0) is 23.8 Å². The second kappa shape index (κ2) is 6.45. The van der Waals surface area contributed by atoms with Gasteiger partial charge in [0.15, 0.2) is 11.5 Å². The highest BCUT2D eigenvalue weighted by Crippen LogP contribution is 2.29. The number of rotatable bonds is 5. The van der Waals surface area contributed by atoms with Crippen LogP contribution in [-0.4, -0.2) is 7.11 Å². The van der Waals surface area contributed by atoms with E-state index in [0.717, 1.165) is 11.1 Å². The molecule has 0 radical (unpaired) electrons. The van der Waals surface area contributed by atoms with Gasteiger partial charge in [-0.1, -0.05) is 35.9 Å². The summed E-state index contributed by atoms with van der Waals surface area (Å²) >= 11 is 6.08. The van der Waals surface area contributed by atoms with Crippen molar-refractivity contribution in [3.05, 3.63) is 58.6 Å². The Morgan fingerprint density at radius 3 is 2.58 bits per heavy atom. The highest BCUT2D eigenvalue weighted by Gasteiger charge is 2.06. The van der Waals surface area contributed by atoms with E-state index in [9.17, 15) is 0 Å². The lowest BCUT2D eigenvalue weighted by molar-refractivity contribution is 0.284. The normalized spacial score (nSPS) is 10.3. The van der Waals surface area contributed by atoms with Crippen LogP contribution in [0.1, 0.15) is 11.1 Å². The van der Waals surface area contributed by atoms with Crippen molar-refractivity contribution >= 4 is 11.6 Å². The predicted octanol–water partition coefficient (Wildman–Crippen LogP) is 3.39. The molecule has 0 atom stereocenters. The van der Waals surface area contributed by atoms with Crippen LogP contribution in [0.15, 0.2) is 42.5 Å². The van der Waals surface area contributed by atoms with E-state index in [1.54, 1.807) is 7.11 Å². The Morgan fingerprint density at radius 1 is 1.11 bits per heavy atom. The van der Waals surface area contributed by atoms with Gasteiger partial charge in [0.2, 0.25) is 0 Å². The summed E-state index contributed by atoms with van der Waals surface area (Å²) in [7, 11) is 1.61. The first-order chi connectivity index (χ1) is 9.24. The molecular weight excluding hydrogens is 262 g/mol. The Kier molecular flexibility index (Phi) is 4.66. The molecule has 0 bridgehead atoms. The number of hydrogen-bond donors (Lipinski definition) is 1. The maximum absolute atomic E-state index is 6.08. The maximum Gasteiger partial charge on any atom is 0.161 e. The molecule has 0 heterocycles. The Hall–Kier alpha value is -1.71. The fourth-order valence-electron chi connectivity index (χ4n) is 1.73. The quantitative estimate of drug-likeness (QED) is 0.911. The molecule has 0 spiro atoms. The van der Waals surface area contributed by atoms with Crippen LogP contribution in [0, 0.1) is 0 Å². The molecule has 3 nitrogen and oxygen atoms in total. The van der Waals surface area contributed by atoms with Gasteiger partial charge in [-0.2, -0.15) is 0 Å². The first-order valence-electron chi connectivity index (χ1n) is 5.97. The standard InChI is InChI=1S/C15H16ClNO2/c1-18-15-8-11(9-17)6-7-14(15)19-10-12-4-2-3-5-13(12)16/h2-8H,9-10,17H2,1H3. The number of nitrogens with two attached hydrogens (primary N) is 1. The maximum atomic E-state index is 6.08. The molecule has 2 aromatic rings. The third kappa shape index (κ3) is 3.40. The first kappa shape index (κ1) is 13.7. The van der Waals surface area contributed by atoms with E-state index in [1.807, 2.05) is 42.5 Å². The van der Waals surface area contributed by atoms with Crippen LogP contribution in [0.3, 0.4) is 0 Å². The molecule has 19 heavy (non-hydrogen) atoms. The Morgan fingerprint density at radius 2 is 1.89 bits per heavy atom. The lowest BCUT2D eigenvalue weighted by Gasteiger charge is -2.12. The Labute approximate surface area is 117 Å². The minimum Gasteiger partial charge on any atom is -0.493 e. The number of halogens is 1. The molecule has 4 heteroatoms. The summed E-state index contributed by atoms with van der Waals surface area (Å²) < 4.78 is 11.0. The van der Waals surface area contributed by atoms with Crippen molar-refractivity contribution in [1.82, 2.24) is 0 Å². The summed E-state index contributed by atoms with van der Waals surface area (Å²) in [6.07, 6.45) is 0. The van der Waals surface area contributed by atoms with Gasteiger partial charge in [0.25, 0.3) is 0 Å². The zero-order valence-electron chi connectivity index (χ0n) is 10.7. The van der Waals surface area contributed by atoms with Crippen molar-refractivity contribution in [1.29, 1.82) is 0 Å². The Balaban J connectivity index is 2.13. The molecular formula is C15H16ClNO2. The van der Waals surface area contributed by atoms with E-state index in [2.05, 4.69) is 0 Å². The van der Waals surface area contributed by atoms with E-state index in [1.165, 1.54) is 0 Å². The SMILES string of the molecule is COc1cc(CN)ccc1OCc1ccccc1Cl. The third-order valence-electron chi connectivity index (χ3n) is 2.80. The molecule has 0 saturated heterocycles. The fourth-order valence-corrected chi connectivity index (χ4v) is 1.92. The van der Waals surface area contributed by atoms with Gasteiger partial charge in [-0.25, -0.2) is 0 Å². The van der Waals surface area contributed by atoms with Crippen LogP contribution < -0.4 is 15.2 Å². The monoisotopic (exact) mass is 277 g/mol. The average molecular weight is 278 g/mol. The molecule has 0 aromatic heterocycles. The fraction of sp³-hybridized carbons (Fsp3) is 0.200. The summed E-state index contributed by atoms with van der Waals surface area (Å²) in [6, 6.07) is 13.3. The second-order valence-corrected chi connectivity index (χ2v) is 4.48. The number of ether oxygens (including phenoxy) is 2. The van der Waals surface area contributed by atoms with Crippen molar-refractivity contribution in [3.63, 3.8) is 0 Å². The predicted molar refractivity (Wildman–Crippen MR) is 76.7 cm³/mol. The minimum absolute atomic E-state index is 0.401. The van der Waals surface area contributed by atoms with Crippen LogP contribution in [-0.2, 0) is 13.2 Å². The van der Waals surface area contributed by atoms with Crippen molar-refractivity contribution in [2.24, 2.45) is 5.73 Å². The van der Waals surface area contributed by atoms with Crippen molar-refractivity contribution in [2.75, 3.05) is 7.11 Å². The number of methoxy groups -OCH3 is 1. The third-order valence-corrected chi connectivity index (χ3v) is 3.17. The lowest BCUT2D eigenvalue weighted by Crippen LogP contribution is -2.01. The second-order valence-electron chi connectivity index (χ2n) is 4.07. The zero-order chi connectivity index (χ0) is 13.7. The summed E-state index contributed by atoms with van der Waals surface area (Å²) in [5, 5.41) is 0.694. The minimum atomic E-state index is 0.401. The molecule has 2 aromatic carbocycles. The van der Waals surface area contributed by atoms with Crippen molar-refractivity contribution in [3.8, 4) is 11.5 Å².